The number of hydrogen-bond acceptors (Lipinski definition) is 8. The molecular formula is C41H37F10N7O5S2. The first kappa shape index (κ1) is 48.5. The molecule has 1 amide bonds. The third kappa shape index (κ3) is 10.5. The molecule has 0 fully saturated rings. The van der Waals surface area contributed by atoms with Crippen LogP contribution < -0.4 is 10.0 Å². The number of carbonyl (C=O) groups is 1. The molecule has 0 saturated heterocycles. The van der Waals surface area contributed by atoms with Crippen molar-refractivity contribution in [1.82, 2.24) is 29.9 Å². The summed E-state index contributed by atoms with van der Waals surface area (Å²) in [6, 6.07) is 5.67. The predicted octanol–water partition coefficient (Wildman–Crippen LogP) is 7.87. The van der Waals surface area contributed by atoms with E-state index < -0.39 is 121 Å². The van der Waals surface area contributed by atoms with E-state index in [1.807, 2.05) is 0 Å². The van der Waals surface area contributed by atoms with Gasteiger partial charge in [-0.2, -0.15) is 45.3 Å². The van der Waals surface area contributed by atoms with Gasteiger partial charge in [0.2, 0.25) is 15.9 Å². The Morgan fingerprint density at radius 1 is 0.969 bits per heavy atom. The average Bonchev–Trinajstić information content (AvgIpc) is 3.78. The maximum atomic E-state index is 15.4. The molecule has 348 valence electrons. The number of rotatable bonds is 12. The number of sulfonamides is 1. The van der Waals surface area contributed by atoms with Crippen LogP contribution in [0, 0.1) is 30.4 Å². The van der Waals surface area contributed by atoms with Crippen molar-refractivity contribution in [3.05, 3.63) is 106 Å². The number of nitrogens with zero attached hydrogens (tertiary/aromatic N) is 5. The van der Waals surface area contributed by atoms with E-state index in [4.69, 9.17) is 0 Å². The van der Waals surface area contributed by atoms with Crippen LogP contribution in [-0.4, -0.2) is 70.7 Å². The van der Waals surface area contributed by atoms with Crippen molar-refractivity contribution in [3.8, 4) is 23.0 Å². The van der Waals surface area contributed by atoms with E-state index in [-0.39, 0.29) is 49.2 Å². The number of anilines is 1. The topological polar surface area (TPSA) is 158 Å². The standard InChI is InChI=1S/C41H37F10N7O5S2/c1-7-23-18-39(44,45)36-32(23)35(41(49,50)51)54-57(36)19-30(59)53-29(16-22-14-24(42)17-25(43)15-22)33-27(11-9-26(52-33)12-13-38(3,4)64(5,60)61)28-10-8-21(2)31-34(28)58(20-40(46,47)48)55-37(31)56-65(6,62)63/h7-11,14-15,17,23,29H,1,16,18-20H2,2-6H3,(H,53,59)(H,55,56)/t23-,29-/m0/s1. The number of carbonyl (C=O) groups excluding carboxylic acids is 1. The number of sulfone groups is 1. The first-order valence-electron chi connectivity index (χ1n) is 19.0. The highest BCUT2D eigenvalue weighted by Gasteiger charge is 2.53. The number of pyridine rings is 1. The summed E-state index contributed by atoms with van der Waals surface area (Å²) in [5, 5.41) is 9.61. The lowest BCUT2D eigenvalue weighted by atomic mass is 9.93. The highest BCUT2D eigenvalue weighted by Crippen LogP contribution is 2.52. The Morgan fingerprint density at radius 3 is 2.17 bits per heavy atom. The number of alkyl halides is 8. The maximum Gasteiger partial charge on any atom is 0.435 e. The van der Waals surface area contributed by atoms with Gasteiger partial charge < -0.3 is 5.32 Å². The van der Waals surface area contributed by atoms with Crippen LogP contribution >= 0.6 is 0 Å². The van der Waals surface area contributed by atoms with Gasteiger partial charge in [0.05, 0.1) is 23.5 Å². The van der Waals surface area contributed by atoms with E-state index in [0.717, 1.165) is 30.7 Å². The number of nitrogens with one attached hydrogen (secondary N) is 2. The summed E-state index contributed by atoms with van der Waals surface area (Å²) in [5.41, 5.74) is -4.98. The van der Waals surface area contributed by atoms with Crippen LogP contribution in [0.15, 0.2) is 55.1 Å². The molecule has 24 heteroatoms. The second kappa shape index (κ2) is 16.8. The van der Waals surface area contributed by atoms with Gasteiger partial charge in [0.1, 0.15) is 40.9 Å². The number of benzene rings is 2. The molecule has 0 unspecified atom stereocenters. The second-order valence-electron chi connectivity index (χ2n) is 15.9. The van der Waals surface area contributed by atoms with Crippen LogP contribution in [0.3, 0.4) is 0 Å². The molecule has 3 aromatic heterocycles. The molecule has 65 heavy (non-hydrogen) atoms. The zero-order valence-electron chi connectivity index (χ0n) is 34.7. The van der Waals surface area contributed by atoms with Crippen molar-refractivity contribution in [2.75, 3.05) is 17.2 Å². The normalized spacial score (nSPS) is 15.9. The van der Waals surface area contributed by atoms with E-state index >= 15 is 8.78 Å². The van der Waals surface area contributed by atoms with Gasteiger partial charge in [-0.05, 0) is 68.5 Å². The Bertz CT molecular complexity index is 3020. The Hall–Kier alpha value is -5.96. The fourth-order valence-corrected chi connectivity index (χ4v) is 8.07. The lowest BCUT2D eigenvalue weighted by molar-refractivity contribution is -0.143. The van der Waals surface area contributed by atoms with Crippen molar-refractivity contribution >= 4 is 42.5 Å². The summed E-state index contributed by atoms with van der Waals surface area (Å²) >= 11 is 0. The molecule has 2 N–H and O–H groups in total. The zero-order valence-corrected chi connectivity index (χ0v) is 36.3. The van der Waals surface area contributed by atoms with Crippen LogP contribution in [0.1, 0.15) is 71.7 Å². The number of amides is 1. The lowest BCUT2D eigenvalue weighted by Crippen LogP contribution is -2.35. The monoisotopic (exact) mass is 961 g/mol. The van der Waals surface area contributed by atoms with Gasteiger partial charge in [-0.15, -0.1) is 6.58 Å². The minimum Gasteiger partial charge on any atom is -0.346 e. The highest BCUT2D eigenvalue weighted by molar-refractivity contribution is 7.92. The third-order valence-electron chi connectivity index (χ3n) is 10.4. The first-order valence-corrected chi connectivity index (χ1v) is 22.8. The maximum absolute atomic E-state index is 15.4. The number of aromatic nitrogens is 5. The molecule has 0 saturated carbocycles. The van der Waals surface area contributed by atoms with Gasteiger partial charge in [0.15, 0.2) is 21.3 Å². The summed E-state index contributed by atoms with van der Waals surface area (Å²) in [6.07, 6.45) is -9.42. The molecule has 2 aromatic carbocycles. The minimum atomic E-state index is -5.25. The van der Waals surface area contributed by atoms with Gasteiger partial charge >= 0.3 is 12.4 Å². The van der Waals surface area contributed by atoms with Gasteiger partial charge in [-0.25, -0.2) is 30.6 Å². The summed E-state index contributed by atoms with van der Waals surface area (Å²) in [6.45, 7) is 4.28. The van der Waals surface area contributed by atoms with E-state index in [0.29, 0.717) is 10.7 Å². The Balaban J connectivity index is 1.62. The molecule has 0 aliphatic heterocycles. The fourth-order valence-electron chi connectivity index (χ4n) is 7.34. The number of hydrogen-bond donors (Lipinski definition) is 2. The van der Waals surface area contributed by atoms with Crippen molar-refractivity contribution in [2.24, 2.45) is 0 Å². The molecule has 1 aliphatic rings. The Kier molecular flexibility index (Phi) is 12.5. The third-order valence-corrected chi connectivity index (χ3v) is 12.9. The van der Waals surface area contributed by atoms with Gasteiger partial charge in [-0.1, -0.05) is 24.1 Å². The van der Waals surface area contributed by atoms with Crippen LogP contribution in [0.25, 0.3) is 22.0 Å². The van der Waals surface area contributed by atoms with Crippen molar-refractivity contribution in [2.45, 2.75) is 81.7 Å². The highest BCUT2D eigenvalue weighted by atomic mass is 32.2. The van der Waals surface area contributed by atoms with Gasteiger partial charge in [0.25, 0.3) is 5.92 Å². The SMILES string of the molecule is C=C[C@H]1CC(F)(F)c2c1c(C(F)(F)F)nn2CC(=O)N[C@@H](Cc1cc(F)cc(F)c1)c1nc(C#CC(C)(C)S(C)(=O)=O)ccc1-c1ccc(C)c2c(NS(C)(=O)=O)nn(CC(F)(F)F)c12. The molecule has 0 radical (unpaired) electrons. The number of halogens is 10. The lowest BCUT2D eigenvalue weighted by Gasteiger charge is -2.23. The van der Waals surface area contributed by atoms with E-state index in [2.05, 4.69) is 43.6 Å². The smallest absolute Gasteiger partial charge is 0.346 e. The van der Waals surface area contributed by atoms with Gasteiger partial charge in [-0.3, -0.25) is 18.9 Å². The van der Waals surface area contributed by atoms with Crippen LogP contribution in [0.5, 0.6) is 0 Å². The molecule has 12 nitrogen and oxygen atoms in total. The van der Waals surface area contributed by atoms with Crippen LogP contribution in [0.2, 0.25) is 0 Å². The van der Waals surface area contributed by atoms with Crippen molar-refractivity contribution in [3.63, 3.8) is 0 Å². The summed E-state index contributed by atoms with van der Waals surface area (Å²) in [5.74, 6) is -4.29. The molecular weight excluding hydrogens is 925 g/mol. The number of fused-ring (bicyclic) bond motifs is 2. The van der Waals surface area contributed by atoms with Crippen molar-refractivity contribution in [1.29, 1.82) is 0 Å². The Morgan fingerprint density at radius 2 is 1.60 bits per heavy atom. The largest absolute Gasteiger partial charge is 0.435 e. The van der Waals surface area contributed by atoms with Crippen molar-refractivity contribution < 1.29 is 65.5 Å². The molecule has 2 atom stereocenters. The van der Waals surface area contributed by atoms with E-state index in [1.165, 1.54) is 45.0 Å². The second-order valence-corrected chi connectivity index (χ2v) is 20.2. The minimum absolute atomic E-state index is 0.124. The average molecular weight is 962 g/mol. The molecule has 3 heterocycles. The first-order chi connectivity index (χ1) is 29.8. The molecule has 1 aliphatic carbocycles. The van der Waals surface area contributed by atoms with Crippen LogP contribution in [0.4, 0.5) is 49.7 Å². The number of aryl methyl sites for hydroxylation is 1. The van der Waals surface area contributed by atoms with E-state index in [1.54, 1.807) is 0 Å². The van der Waals surface area contributed by atoms with E-state index in [9.17, 15) is 56.8 Å². The zero-order chi connectivity index (χ0) is 48.4. The quantitative estimate of drug-likeness (QED) is 0.0727. The fraction of sp³-hybridized carbons (Fsp3) is 0.366. The molecule has 0 bridgehead atoms. The molecule has 5 aromatic rings. The predicted molar refractivity (Wildman–Crippen MR) is 218 cm³/mol. The van der Waals surface area contributed by atoms with Gasteiger partial charge in [0, 0.05) is 46.7 Å². The number of allylic oxidation sites excluding steroid dienone is 1. The molecule has 6 rings (SSSR count). The summed E-state index contributed by atoms with van der Waals surface area (Å²) in [4.78, 5) is 18.6. The summed E-state index contributed by atoms with van der Waals surface area (Å²) in [7, 11) is -8.01. The van der Waals surface area contributed by atoms with Crippen LogP contribution in [-0.2, 0) is 56.3 Å². The Labute approximate surface area is 365 Å². The summed E-state index contributed by atoms with van der Waals surface area (Å²) < 4.78 is 196. The molecule has 0 spiro atoms.